The summed E-state index contributed by atoms with van der Waals surface area (Å²) in [6.07, 6.45) is -0.0398. The number of aromatic hydroxyl groups is 2. The van der Waals surface area contributed by atoms with E-state index in [4.69, 9.17) is 0 Å². The van der Waals surface area contributed by atoms with E-state index in [1.165, 1.54) is 22.2 Å². The van der Waals surface area contributed by atoms with Gasteiger partial charge in [0.15, 0.2) is 0 Å². The van der Waals surface area contributed by atoms with Crippen molar-refractivity contribution >= 4 is 54.5 Å². The molecule has 9 rings (SSSR count). The van der Waals surface area contributed by atoms with E-state index >= 15 is 0 Å². The summed E-state index contributed by atoms with van der Waals surface area (Å²) in [7, 11) is 3.99. The molecule has 0 bridgehead atoms. The Labute approximate surface area is 255 Å². The van der Waals surface area contributed by atoms with Crippen LogP contribution in [-0.4, -0.2) is 59.8 Å². The van der Waals surface area contributed by atoms with E-state index in [1.54, 1.807) is 12.1 Å². The molecule has 6 aromatic rings. The first-order valence-corrected chi connectivity index (χ1v) is 15.5. The predicted molar refractivity (Wildman–Crippen MR) is 178 cm³/mol. The van der Waals surface area contributed by atoms with Gasteiger partial charge in [-0.2, -0.15) is 0 Å². The summed E-state index contributed by atoms with van der Waals surface area (Å²) in [6, 6.07) is 23.7. The molecule has 0 aromatic heterocycles. The van der Waals surface area contributed by atoms with Gasteiger partial charge in [0.25, 0.3) is 0 Å². The van der Waals surface area contributed by atoms with Crippen LogP contribution in [0.3, 0.4) is 0 Å². The number of aliphatic hydroxyl groups is 2. The van der Waals surface area contributed by atoms with Crippen molar-refractivity contribution in [1.82, 2.24) is 0 Å². The topological polar surface area (TPSA) is 87.4 Å². The maximum Gasteiger partial charge on any atom is 0.123 e. The number of hydrogen-bond acceptors (Lipinski definition) is 6. The number of phenolic OH excluding ortho intramolecular Hbond substituents is 2. The lowest BCUT2D eigenvalue weighted by atomic mass is 9.60. The smallest absolute Gasteiger partial charge is 0.123 e. The van der Waals surface area contributed by atoms with Crippen molar-refractivity contribution in [3.8, 4) is 11.5 Å². The van der Waals surface area contributed by atoms with Crippen molar-refractivity contribution in [2.24, 2.45) is 0 Å². The number of rotatable bonds is 3. The Hall–Kier alpha value is -4.52. The Bertz CT molecular complexity index is 2190. The van der Waals surface area contributed by atoms with E-state index in [0.717, 1.165) is 75.1 Å². The zero-order valence-electron chi connectivity index (χ0n) is 24.7. The number of nitrogens with zero attached hydrogens (tertiary/aromatic N) is 2. The lowest BCUT2D eigenvalue weighted by Gasteiger charge is -2.49. The molecule has 1 fully saturated rings. The molecule has 1 saturated carbocycles. The van der Waals surface area contributed by atoms with Crippen molar-refractivity contribution in [3.63, 3.8) is 0 Å². The van der Waals surface area contributed by atoms with Crippen molar-refractivity contribution in [2.45, 2.75) is 36.9 Å². The first-order chi connectivity index (χ1) is 21.4. The highest BCUT2D eigenvalue weighted by molar-refractivity contribution is 6.20. The first-order valence-electron chi connectivity index (χ1n) is 15.5. The summed E-state index contributed by atoms with van der Waals surface area (Å²) in [4.78, 5) is 4.50. The zero-order chi connectivity index (χ0) is 30.0. The van der Waals surface area contributed by atoms with Crippen LogP contribution in [0.4, 0.5) is 11.4 Å². The minimum absolute atomic E-state index is 0.130. The van der Waals surface area contributed by atoms with Crippen LogP contribution < -0.4 is 9.80 Å². The highest BCUT2D eigenvalue weighted by Gasteiger charge is 2.53. The largest absolute Gasteiger partial charge is 0.507 e. The maximum atomic E-state index is 12.2. The number of hydrogen-bond donors (Lipinski definition) is 4. The standard InChI is InChI=1S/C38H34N2O4/c1-39(2)35-22-9-4-3-8-21(22)30(29-24(35)11-6-12-25(29)41)33-37(43)34(38(33)44)31-23-10-5-7-19-15-17-40-18-16-20-13-14-26(42)32(31)28(20)36(40)27(19)23/h3-14,33-34,37-38,41-44H,15-18H2,1-2H3. The van der Waals surface area contributed by atoms with Gasteiger partial charge in [-0.1, -0.05) is 60.7 Å². The SMILES string of the molecule is CN(C)c1c2ccccc2c(C2C(O)C(c3c4cccc5c4c4c6c(ccc(O)c36)CCN4CC5)C2O)c2c(O)cccc12. The van der Waals surface area contributed by atoms with Gasteiger partial charge >= 0.3 is 0 Å². The molecule has 2 aliphatic heterocycles. The first kappa shape index (κ1) is 25.9. The van der Waals surface area contributed by atoms with Gasteiger partial charge in [-0.3, -0.25) is 0 Å². The molecule has 2 atom stereocenters. The van der Waals surface area contributed by atoms with Gasteiger partial charge in [-0.05, 0) is 58.0 Å². The highest BCUT2D eigenvalue weighted by atomic mass is 16.3. The van der Waals surface area contributed by atoms with Crippen molar-refractivity contribution in [3.05, 3.63) is 95.1 Å². The van der Waals surface area contributed by atoms with Crippen LogP contribution in [0.2, 0.25) is 0 Å². The van der Waals surface area contributed by atoms with Crippen LogP contribution in [0.5, 0.6) is 11.5 Å². The van der Waals surface area contributed by atoms with Gasteiger partial charge in [0.05, 0.1) is 23.6 Å². The molecule has 6 heteroatoms. The average molecular weight is 583 g/mol. The molecule has 2 heterocycles. The van der Waals surface area contributed by atoms with Gasteiger partial charge < -0.3 is 30.2 Å². The summed E-state index contributed by atoms with van der Waals surface area (Å²) in [5.41, 5.74) is 6.22. The Morgan fingerprint density at radius 1 is 0.591 bits per heavy atom. The quantitative estimate of drug-likeness (QED) is 0.183. The Kier molecular flexibility index (Phi) is 5.31. The summed E-state index contributed by atoms with van der Waals surface area (Å²) in [5.74, 6) is -0.935. The fourth-order valence-electron chi connectivity index (χ4n) is 8.91. The highest BCUT2D eigenvalue weighted by Crippen LogP contribution is 2.59. The second-order valence-electron chi connectivity index (χ2n) is 13.0. The van der Waals surface area contributed by atoms with Gasteiger partial charge in [0.1, 0.15) is 11.5 Å². The third kappa shape index (κ3) is 3.17. The minimum Gasteiger partial charge on any atom is -0.507 e. The molecule has 44 heavy (non-hydrogen) atoms. The summed E-state index contributed by atoms with van der Waals surface area (Å²) in [6.45, 7) is 1.89. The normalized spacial score (nSPS) is 22.3. The van der Waals surface area contributed by atoms with E-state index in [-0.39, 0.29) is 11.5 Å². The Morgan fingerprint density at radius 2 is 1.18 bits per heavy atom. The minimum atomic E-state index is -0.938. The fraction of sp³-hybridized carbons (Fsp3) is 0.263. The summed E-state index contributed by atoms with van der Waals surface area (Å²) in [5, 5.41) is 54.7. The monoisotopic (exact) mass is 582 g/mol. The number of benzene rings is 6. The molecule has 220 valence electrons. The van der Waals surface area contributed by atoms with E-state index in [9.17, 15) is 20.4 Å². The number of aliphatic hydroxyl groups excluding tert-OH is 2. The maximum absolute atomic E-state index is 12.2. The van der Waals surface area contributed by atoms with Gasteiger partial charge in [0, 0.05) is 71.3 Å². The number of phenols is 2. The molecule has 3 aliphatic rings. The molecular weight excluding hydrogens is 548 g/mol. The van der Waals surface area contributed by atoms with Crippen molar-refractivity contribution in [1.29, 1.82) is 0 Å². The summed E-state index contributed by atoms with van der Waals surface area (Å²) >= 11 is 0. The average Bonchev–Trinajstić information content (AvgIpc) is 3.03. The Balaban J connectivity index is 1.32. The molecule has 0 spiro atoms. The molecule has 1 aliphatic carbocycles. The lowest BCUT2D eigenvalue weighted by Crippen LogP contribution is -2.52. The summed E-state index contributed by atoms with van der Waals surface area (Å²) < 4.78 is 0. The molecule has 0 amide bonds. The van der Waals surface area contributed by atoms with E-state index < -0.39 is 24.0 Å². The van der Waals surface area contributed by atoms with Crippen LogP contribution >= 0.6 is 0 Å². The molecule has 2 unspecified atom stereocenters. The molecular formula is C38H34N2O4. The van der Waals surface area contributed by atoms with E-state index in [0.29, 0.717) is 5.39 Å². The zero-order valence-corrected chi connectivity index (χ0v) is 24.7. The van der Waals surface area contributed by atoms with Crippen molar-refractivity contribution in [2.75, 3.05) is 37.0 Å². The molecule has 6 aromatic carbocycles. The third-order valence-corrected chi connectivity index (χ3v) is 10.7. The predicted octanol–water partition coefficient (Wildman–Crippen LogP) is 6.30. The van der Waals surface area contributed by atoms with Crippen LogP contribution in [0.25, 0.3) is 43.1 Å². The number of anilines is 2. The number of fused-ring (bicyclic) bond motifs is 2. The van der Waals surface area contributed by atoms with Gasteiger partial charge in [-0.25, -0.2) is 0 Å². The van der Waals surface area contributed by atoms with E-state index in [1.807, 2.05) is 50.5 Å². The second-order valence-corrected chi connectivity index (χ2v) is 13.0. The van der Waals surface area contributed by atoms with Crippen LogP contribution in [0, 0.1) is 0 Å². The third-order valence-electron chi connectivity index (χ3n) is 10.7. The molecule has 0 saturated heterocycles. The molecule has 0 radical (unpaired) electrons. The molecule has 4 N–H and O–H groups in total. The second kappa shape index (κ2) is 9.00. The molecule has 6 nitrogen and oxygen atoms in total. The van der Waals surface area contributed by atoms with Gasteiger partial charge in [-0.15, -0.1) is 0 Å². The fourth-order valence-corrected chi connectivity index (χ4v) is 8.91. The van der Waals surface area contributed by atoms with Crippen LogP contribution in [-0.2, 0) is 12.8 Å². The Morgan fingerprint density at radius 3 is 1.91 bits per heavy atom. The lowest BCUT2D eigenvalue weighted by molar-refractivity contribution is -0.0766. The van der Waals surface area contributed by atoms with Crippen LogP contribution in [0.1, 0.15) is 34.1 Å². The van der Waals surface area contributed by atoms with Crippen molar-refractivity contribution < 1.29 is 20.4 Å². The van der Waals surface area contributed by atoms with Crippen LogP contribution in [0.15, 0.2) is 72.8 Å². The van der Waals surface area contributed by atoms with E-state index in [2.05, 4.69) is 34.1 Å². The van der Waals surface area contributed by atoms with Gasteiger partial charge in [0.2, 0.25) is 0 Å².